The highest BCUT2D eigenvalue weighted by atomic mass is 32.1. The molecule has 0 radical (unpaired) electrons. The molecule has 2 aromatic carbocycles. The van der Waals surface area contributed by atoms with Crippen molar-refractivity contribution in [1.82, 2.24) is 9.80 Å². The molecular weight excluding hydrogens is 414 g/mol. The Bertz CT molecular complexity index is 834. The third-order valence-electron chi connectivity index (χ3n) is 6.24. The summed E-state index contributed by atoms with van der Waals surface area (Å²) in [5.74, 6) is 0.786. The second-order valence-electron chi connectivity index (χ2n) is 9.59. The summed E-state index contributed by atoms with van der Waals surface area (Å²) < 4.78 is 0. The number of carbonyl (C=O) groups excluding carboxylic acids is 1. The van der Waals surface area contributed by atoms with E-state index in [1.807, 2.05) is 0 Å². The first-order valence-corrected chi connectivity index (χ1v) is 12.4. The van der Waals surface area contributed by atoms with Gasteiger partial charge in [0.15, 0.2) is 0 Å². The molecule has 0 aliphatic carbocycles. The molecule has 1 saturated heterocycles. The van der Waals surface area contributed by atoms with Crippen molar-refractivity contribution < 1.29 is 4.79 Å². The zero-order valence-corrected chi connectivity index (χ0v) is 20.9. The van der Waals surface area contributed by atoms with Crippen LogP contribution in [-0.4, -0.2) is 53.7 Å². The molecule has 174 valence electrons. The van der Waals surface area contributed by atoms with Crippen molar-refractivity contribution in [2.75, 3.05) is 38.0 Å². The van der Waals surface area contributed by atoms with E-state index in [2.05, 4.69) is 91.3 Å². The number of nitrogens with zero attached hydrogens (tertiary/aromatic N) is 2. The molecule has 32 heavy (non-hydrogen) atoms. The molecule has 3 rings (SSSR count). The van der Waals surface area contributed by atoms with E-state index in [-0.39, 0.29) is 11.2 Å². The Morgan fingerprint density at radius 3 is 2.00 bits per heavy atom. The second kappa shape index (κ2) is 11.9. The Hall–Kier alpha value is -1.82. The van der Waals surface area contributed by atoms with Gasteiger partial charge in [0, 0.05) is 56.6 Å². The van der Waals surface area contributed by atoms with Crippen LogP contribution in [-0.2, 0) is 11.3 Å². The van der Waals surface area contributed by atoms with Crippen molar-refractivity contribution in [2.45, 2.75) is 57.7 Å². The molecule has 1 aliphatic rings. The van der Waals surface area contributed by atoms with E-state index in [1.165, 1.54) is 16.7 Å². The van der Waals surface area contributed by atoms with Gasteiger partial charge in [-0.15, -0.1) is 0 Å². The molecule has 2 aromatic rings. The molecule has 1 unspecified atom stereocenters. The van der Waals surface area contributed by atoms with Crippen LogP contribution in [0.1, 0.15) is 62.6 Å². The van der Waals surface area contributed by atoms with Gasteiger partial charge in [-0.3, -0.25) is 14.6 Å². The Labute approximate surface area is 199 Å². The van der Waals surface area contributed by atoms with Crippen molar-refractivity contribution in [2.24, 2.45) is 0 Å². The van der Waals surface area contributed by atoms with Gasteiger partial charge in [-0.25, -0.2) is 0 Å². The maximum absolute atomic E-state index is 12.9. The number of hydrogen-bond donors (Lipinski definition) is 2. The quantitative estimate of drug-likeness (QED) is 0.501. The predicted molar refractivity (Wildman–Crippen MR) is 139 cm³/mol. The number of nitrogens with one attached hydrogen (secondary N) is 1. The summed E-state index contributed by atoms with van der Waals surface area (Å²) in [6.07, 6.45) is 0.428. The molecule has 0 spiro atoms. The lowest BCUT2D eigenvalue weighted by Crippen LogP contribution is -2.47. The topological polar surface area (TPSA) is 35.6 Å². The highest BCUT2D eigenvalue weighted by Gasteiger charge is 2.21. The van der Waals surface area contributed by atoms with Crippen molar-refractivity contribution in [3.05, 3.63) is 65.2 Å². The fourth-order valence-corrected chi connectivity index (χ4v) is 4.83. The second-order valence-corrected chi connectivity index (χ2v) is 10.3. The summed E-state index contributed by atoms with van der Waals surface area (Å²) in [7, 11) is 0. The van der Waals surface area contributed by atoms with Crippen molar-refractivity contribution in [3.8, 4) is 0 Å². The minimum atomic E-state index is 0.0318. The lowest BCUT2D eigenvalue weighted by Gasteiger charge is -2.35. The normalized spacial score (nSPS) is 16.5. The first-order chi connectivity index (χ1) is 15.3. The van der Waals surface area contributed by atoms with Crippen molar-refractivity contribution >= 4 is 24.2 Å². The largest absolute Gasteiger partial charge is 0.326 e. The van der Waals surface area contributed by atoms with Crippen LogP contribution >= 0.6 is 12.6 Å². The highest BCUT2D eigenvalue weighted by molar-refractivity contribution is 7.81. The fraction of sp³-hybridized carbons (Fsp3) is 0.519. The van der Waals surface area contributed by atoms with E-state index in [9.17, 15) is 4.79 Å². The van der Waals surface area contributed by atoms with Gasteiger partial charge >= 0.3 is 0 Å². The number of thiol groups is 1. The number of anilines is 1. The average molecular weight is 454 g/mol. The Kier molecular flexibility index (Phi) is 9.21. The molecule has 1 aliphatic heterocycles. The van der Waals surface area contributed by atoms with E-state index in [4.69, 9.17) is 12.6 Å². The molecule has 0 saturated carbocycles. The molecule has 5 heteroatoms. The summed E-state index contributed by atoms with van der Waals surface area (Å²) in [5, 5.41) is 3.26. The van der Waals surface area contributed by atoms with Crippen LogP contribution in [0, 0.1) is 0 Å². The van der Waals surface area contributed by atoms with Crippen molar-refractivity contribution in [3.63, 3.8) is 0 Å². The summed E-state index contributed by atoms with van der Waals surface area (Å²) >= 11 is 4.77. The van der Waals surface area contributed by atoms with Gasteiger partial charge in [-0.1, -0.05) is 76.2 Å². The number of carbonyl (C=O) groups is 1. The molecular formula is C27H39N3OS. The molecule has 1 N–H and O–H groups in total. The molecule has 4 nitrogen and oxygen atoms in total. The van der Waals surface area contributed by atoms with E-state index in [0.717, 1.165) is 45.0 Å². The molecule has 1 atom stereocenters. The van der Waals surface area contributed by atoms with E-state index in [1.54, 1.807) is 0 Å². The smallest absolute Gasteiger partial charge is 0.225 e. The van der Waals surface area contributed by atoms with Gasteiger partial charge in [-0.2, -0.15) is 12.6 Å². The van der Waals surface area contributed by atoms with Crippen LogP contribution in [0.2, 0.25) is 0 Å². The van der Waals surface area contributed by atoms with Crippen LogP contribution in [0.3, 0.4) is 0 Å². The molecule has 1 amide bonds. The summed E-state index contributed by atoms with van der Waals surface area (Å²) in [5.41, 5.74) is 4.77. The van der Waals surface area contributed by atoms with Gasteiger partial charge in [-0.05, 0) is 28.5 Å². The number of benzene rings is 2. The minimum Gasteiger partial charge on any atom is -0.326 e. The molecule has 0 bridgehead atoms. The third kappa shape index (κ3) is 7.09. The lowest BCUT2D eigenvalue weighted by molar-refractivity contribution is -0.116. The average Bonchev–Trinajstić information content (AvgIpc) is 2.75. The standard InChI is InChI=1S/C27H39N3OS/c1-20(2)24-11-8-12-25(21(3)4)27(24)28-26(31)17-23(32)19-30-15-13-29(14-16-30)18-22-9-6-5-7-10-22/h5-12,20-21,23,32H,13-19H2,1-4H3,(H,28,31). The van der Waals surface area contributed by atoms with Gasteiger partial charge in [0.2, 0.25) is 5.91 Å². The molecule has 1 heterocycles. The van der Waals surface area contributed by atoms with E-state index < -0.39 is 0 Å². The van der Waals surface area contributed by atoms with Gasteiger partial charge in [0.1, 0.15) is 0 Å². The number of para-hydroxylation sites is 1. The van der Waals surface area contributed by atoms with E-state index in [0.29, 0.717) is 18.3 Å². The van der Waals surface area contributed by atoms with Crippen LogP contribution in [0.25, 0.3) is 0 Å². The van der Waals surface area contributed by atoms with E-state index >= 15 is 0 Å². The lowest BCUT2D eigenvalue weighted by atomic mass is 9.92. The van der Waals surface area contributed by atoms with Gasteiger partial charge in [0.05, 0.1) is 0 Å². The minimum absolute atomic E-state index is 0.0318. The van der Waals surface area contributed by atoms with Crippen LogP contribution < -0.4 is 5.32 Å². The summed E-state index contributed by atoms with van der Waals surface area (Å²) in [6, 6.07) is 17.0. The number of piperazine rings is 1. The summed E-state index contributed by atoms with van der Waals surface area (Å²) in [4.78, 5) is 17.8. The van der Waals surface area contributed by atoms with Gasteiger partial charge in [0.25, 0.3) is 0 Å². The maximum Gasteiger partial charge on any atom is 0.225 e. The predicted octanol–water partition coefficient (Wildman–Crippen LogP) is 5.38. The van der Waals surface area contributed by atoms with Crippen molar-refractivity contribution in [1.29, 1.82) is 0 Å². The SMILES string of the molecule is CC(C)c1cccc(C(C)C)c1NC(=O)CC(S)CN1CCN(Cc2ccccc2)CC1. The zero-order valence-electron chi connectivity index (χ0n) is 20.1. The fourth-order valence-electron chi connectivity index (χ4n) is 4.43. The first-order valence-electron chi connectivity index (χ1n) is 11.9. The highest BCUT2D eigenvalue weighted by Crippen LogP contribution is 2.32. The monoisotopic (exact) mass is 453 g/mol. The number of hydrogen-bond acceptors (Lipinski definition) is 4. The molecule has 1 fully saturated rings. The van der Waals surface area contributed by atoms with Gasteiger partial charge < -0.3 is 5.32 Å². The van der Waals surface area contributed by atoms with Crippen LogP contribution in [0.5, 0.6) is 0 Å². The summed E-state index contributed by atoms with van der Waals surface area (Å²) in [6.45, 7) is 14.7. The number of rotatable bonds is 9. The Morgan fingerprint density at radius 2 is 1.44 bits per heavy atom. The number of amides is 1. The van der Waals surface area contributed by atoms with Crippen LogP contribution in [0.15, 0.2) is 48.5 Å². The maximum atomic E-state index is 12.9. The third-order valence-corrected chi connectivity index (χ3v) is 6.59. The zero-order chi connectivity index (χ0) is 23.1. The molecule has 0 aromatic heterocycles. The first kappa shape index (κ1) is 24.8. The Morgan fingerprint density at radius 1 is 0.875 bits per heavy atom. The Balaban J connectivity index is 1.49. The van der Waals surface area contributed by atoms with Crippen LogP contribution in [0.4, 0.5) is 5.69 Å².